The van der Waals surface area contributed by atoms with Crippen LogP contribution >= 0.6 is 0 Å². The van der Waals surface area contributed by atoms with Crippen molar-refractivity contribution in [2.75, 3.05) is 0 Å². The van der Waals surface area contributed by atoms with Gasteiger partial charge in [-0.25, -0.2) is 9.37 Å². The SMILES string of the molecule is CC(O)CCC/C=C/c1ccc2nc(-c3ccc(O)c(F)c3)cnc2c1. The van der Waals surface area contributed by atoms with Crippen LogP contribution < -0.4 is 0 Å². The number of benzene rings is 2. The number of aliphatic hydroxyl groups is 1. The number of hydrogen-bond acceptors (Lipinski definition) is 4. The minimum absolute atomic E-state index is 0.254. The Labute approximate surface area is 151 Å². The second-order valence-electron chi connectivity index (χ2n) is 6.35. The van der Waals surface area contributed by atoms with Gasteiger partial charge >= 0.3 is 0 Å². The number of rotatable bonds is 6. The summed E-state index contributed by atoms with van der Waals surface area (Å²) in [5, 5.41) is 18.5. The number of allylic oxidation sites excluding steroid dienone is 1. The van der Waals surface area contributed by atoms with Crippen LogP contribution in [0.15, 0.2) is 48.7 Å². The van der Waals surface area contributed by atoms with Crippen LogP contribution in [0.5, 0.6) is 5.75 Å². The van der Waals surface area contributed by atoms with E-state index >= 15 is 0 Å². The Bertz CT molecular complexity index is 938. The van der Waals surface area contributed by atoms with Gasteiger partial charge in [-0.15, -0.1) is 0 Å². The van der Waals surface area contributed by atoms with Gasteiger partial charge in [0.1, 0.15) is 0 Å². The highest BCUT2D eigenvalue weighted by atomic mass is 19.1. The first-order valence-corrected chi connectivity index (χ1v) is 8.63. The molecule has 0 fully saturated rings. The van der Waals surface area contributed by atoms with E-state index in [9.17, 15) is 14.6 Å². The van der Waals surface area contributed by atoms with Crippen LogP contribution in [0.4, 0.5) is 4.39 Å². The normalized spacial score (nSPS) is 12.7. The lowest BCUT2D eigenvalue weighted by atomic mass is 10.1. The van der Waals surface area contributed by atoms with Crippen LogP contribution in [-0.4, -0.2) is 26.3 Å². The molecule has 26 heavy (non-hydrogen) atoms. The number of aromatic nitrogens is 2. The third kappa shape index (κ3) is 4.43. The van der Waals surface area contributed by atoms with E-state index in [1.165, 1.54) is 12.1 Å². The summed E-state index contributed by atoms with van der Waals surface area (Å²) in [5.41, 5.74) is 3.64. The molecule has 1 heterocycles. The molecule has 2 aromatic carbocycles. The summed E-state index contributed by atoms with van der Waals surface area (Å²) in [6, 6.07) is 9.96. The van der Waals surface area contributed by atoms with Crippen molar-refractivity contribution in [3.05, 3.63) is 60.1 Å². The van der Waals surface area contributed by atoms with Crippen molar-refractivity contribution in [2.24, 2.45) is 0 Å². The molecule has 3 rings (SSSR count). The summed E-state index contributed by atoms with van der Waals surface area (Å²) >= 11 is 0. The number of unbranched alkanes of at least 4 members (excludes halogenated alkanes) is 1. The summed E-state index contributed by atoms with van der Waals surface area (Å²) in [7, 11) is 0. The summed E-state index contributed by atoms with van der Waals surface area (Å²) in [6.07, 6.45) is 8.14. The minimum Gasteiger partial charge on any atom is -0.505 e. The Morgan fingerprint density at radius 1 is 1.15 bits per heavy atom. The molecule has 0 aliphatic carbocycles. The van der Waals surface area contributed by atoms with E-state index in [2.05, 4.69) is 16.0 Å². The van der Waals surface area contributed by atoms with Crippen molar-refractivity contribution in [2.45, 2.75) is 32.3 Å². The molecule has 0 spiro atoms. The van der Waals surface area contributed by atoms with Crippen molar-refractivity contribution >= 4 is 17.1 Å². The van der Waals surface area contributed by atoms with Crippen molar-refractivity contribution < 1.29 is 14.6 Å². The van der Waals surface area contributed by atoms with Gasteiger partial charge in [0.15, 0.2) is 11.6 Å². The second-order valence-corrected chi connectivity index (χ2v) is 6.35. The van der Waals surface area contributed by atoms with Gasteiger partial charge in [0.2, 0.25) is 0 Å². The number of fused-ring (bicyclic) bond motifs is 1. The monoisotopic (exact) mass is 352 g/mol. The predicted octanol–water partition coefficient (Wildman–Crippen LogP) is 4.71. The van der Waals surface area contributed by atoms with Gasteiger partial charge < -0.3 is 10.2 Å². The number of nitrogens with zero attached hydrogens (tertiary/aromatic N) is 2. The van der Waals surface area contributed by atoms with E-state index in [0.717, 1.165) is 35.9 Å². The second kappa shape index (κ2) is 8.06. The minimum atomic E-state index is -0.680. The lowest BCUT2D eigenvalue weighted by molar-refractivity contribution is 0.182. The molecule has 0 amide bonds. The maximum absolute atomic E-state index is 13.5. The average Bonchev–Trinajstić information content (AvgIpc) is 2.63. The molecule has 3 aromatic rings. The number of halogens is 1. The molecule has 1 unspecified atom stereocenters. The molecule has 0 aliphatic heterocycles. The highest BCUT2D eigenvalue weighted by Gasteiger charge is 2.07. The lowest BCUT2D eigenvalue weighted by Gasteiger charge is -2.05. The summed E-state index contributed by atoms with van der Waals surface area (Å²) in [6.45, 7) is 1.80. The van der Waals surface area contributed by atoms with Gasteiger partial charge in [0.05, 0.1) is 29.0 Å². The zero-order valence-electron chi connectivity index (χ0n) is 14.6. The average molecular weight is 352 g/mol. The van der Waals surface area contributed by atoms with Gasteiger partial charge in [0.25, 0.3) is 0 Å². The van der Waals surface area contributed by atoms with Crippen LogP contribution in [0.2, 0.25) is 0 Å². The van der Waals surface area contributed by atoms with Crippen LogP contribution in [0.3, 0.4) is 0 Å². The molecule has 4 nitrogen and oxygen atoms in total. The molecule has 1 atom stereocenters. The van der Waals surface area contributed by atoms with Gasteiger partial charge in [-0.2, -0.15) is 0 Å². The standard InChI is InChI=1S/C21H21FN2O2/c1-14(25)5-3-2-4-6-15-7-9-18-19(11-15)23-13-20(24-18)16-8-10-21(26)17(22)12-16/h4,6-14,25-26H,2-3,5H2,1H3/b6-4+. The fraction of sp³-hybridized carbons (Fsp3) is 0.238. The Hall–Kier alpha value is -2.79. The predicted molar refractivity (Wildman–Crippen MR) is 101 cm³/mol. The third-order valence-corrected chi connectivity index (χ3v) is 4.11. The van der Waals surface area contributed by atoms with Crippen LogP contribution in [0, 0.1) is 5.82 Å². The fourth-order valence-corrected chi connectivity index (χ4v) is 2.69. The van der Waals surface area contributed by atoms with Crippen molar-refractivity contribution in [1.29, 1.82) is 0 Å². The molecule has 0 saturated carbocycles. The number of phenolic OH excluding ortho intramolecular Hbond substituents is 1. The topological polar surface area (TPSA) is 66.2 Å². The number of aliphatic hydroxyl groups excluding tert-OH is 1. The first-order chi connectivity index (χ1) is 12.5. The fourth-order valence-electron chi connectivity index (χ4n) is 2.69. The Kier molecular flexibility index (Phi) is 5.58. The molecule has 1 aromatic heterocycles. The van der Waals surface area contributed by atoms with Gasteiger partial charge in [-0.05, 0) is 62.1 Å². The van der Waals surface area contributed by atoms with E-state index in [1.807, 2.05) is 24.3 Å². The largest absolute Gasteiger partial charge is 0.505 e. The highest BCUT2D eigenvalue weighted by molar-refractivity contribution is 5.79. The smallest absolute Gasteiger partial charge is 0.165 e. The quantitative estimate of drug-likeness (QED) is 0.631. The Morgan fingerprint density at radius 3 is 2.77 bits per heavy atom. The van der Waals surface area contributed by atoms with Crippen LogP contribution in [0.25, 0.3) is 28.4 Å². The van der Waals surface area contributed by atoms with E-state index < -0.39 is 5.82 Å². The van der Waals surface area contributed by atoms with Crippen LogP contribution in [-0.2, 0) is 0 Å². The molecular weight excluding hydrogens is 331 g/mol. The summed E-state index contributed by atoms with van der Waals surface area (Å²) in [4.78, 5) is 8.95. The van der Waals surface area contributed by atoms with Gasteiger partial charge in [-0.1, -0.05) is 18.2 Å². The first kappa shape index (κ1) is 18.0. The molecule has 0 bridgehead atoms. The van der Waals surface area contributed by atoms with Crippen molar-refractivity contribution in [3.8, 4) is 17.0 Å². The summed E-state index contributed by atoms with van der Waals surface area (Å²) in [5.74, 6) is -1.06. The third-order valence-electron chi connectivity index (χ3n) is 4.11. The molecule has 0 radical (unpaired) electrons. The molecule has 134 valence electrons. The Morgan fingerprint density at radius 2 is 2.00 bits per heavy atom. The van der Waals surface area contributed by atoms with Crippen LogP contribution in [0.1, 0.15) is 31.7 Å². The zero-order chi connectivity index (χ0) is 18.5. The number of phenols is 1. The maximum atomic E-state index is 13.5. The Balaban J connectivity index is 1.77. The highest BCUT2D eigenvalue weighted by Crippen LogP contribution is 2.24. The van der Waals surface area contributed by atoms with E-state index in [4.69, 9.17) is 0 Å². The molecule has 2 N–H and O–H groups in total. The van der Waals surface area contributed by atoms with Crippen molar-refractivity contribution in [3.63, 3.8) is 0 Å². The molecule has 0 aliphatic rings. The molecule has 5 heteroatoms. The summed E-state index contributed by atoms with van der Waals surface area (Å²) < 4.78 is 13.5. The lowest BCUT2D eigenvalue weighted by Crippen LogP contribution is -1.97. The van der Waals surface area contributed by atoms with E-state index in [0.29, 0.717) is 11.3 Å². The van der Waals surface area contributed by atoms with Gasteiger partial charge in [0, 0.05) is 5.56 Å². The zero-order valence-corrected chi connectivity index (χ0v) is 14.6. The maximum Gasteiger partial charge on any atom is 0.165 e. The molecular formula is C21H21FN2O2. The molecule has 0 saturated heterocycles. The first-order valence-electron chi connectivity index (χ1n) is 8.63. The van der Waals surface area contributed by atoms with E-state index in [1.54, 1.807) is 19.2 Å². The number of aromatic hydroxyl groups is 1. The number of hydrogen-bond donors (Lipinski definition) is 2. The van der Waals surface area contributed by atoms with Gasteiger partial charge in [-0.3, -0.25) is 4.98 Å². The van der Waals surface area contributed by atoms with Crippen molar-refractivity contribution in [1.82, 2.24) is 9.97 Å². The van der Waals surface area contributed by atoms with E-state index in [-0.39, 0.29) is 11.9 Å².